The van der Waals surface area contributed by atoms with Gasteiger partial charge in [0.25, 0.3) is 0 Å². The second-order valence-electron chi connectivity index (χ2n) is 7.19. The molecular formula is C18H26O6. The molecular weight excluding hydrogens is 312 g/mol. The number of carbonyl (C=O) groups is 1. The van der Waals surface area contributed by atoms with Crippen molar-refractivity contribution in [1.29, 1.82) is 0 Å². The van der Waals surface area contributed by atoms with Gasteiger partial charge < -0.3 is 23.7 Å². The predicted molar refractivity (Wildman–Crippen MR) is 86.1 cm³/mol. The summed E-state index contributed by atoms with van der Waals surface area (Å²) in [7, 11) is 0. The first-order valence-electron chi connectivity index (χ1n) is 8.46. The average molecular weight is 338 g/mol. The normalized spacial score (nSPS) is 40.1. The van der Waals surface area contributed by atoms with Crippen LogP contribution in [0.5, 0.6) is 0 Å². The van der Waals surface area contributed by atoms with Crippen LogP contribution in [0.2, 0.25) is 0 Å². The molecule has 0 saturated carbocycles. The summed E-state index contributed by atoms with van der Waals surface area (Å²) in [5.74, 6) is -1.75. The summed E-state index contributed by atoms with van der Waals surface area (Å²) in [5.41, 5.74) is 0. The van der Waals surface area contributed by atoms with Crippen molar-refractivity contribution in [3.05, 3.63) is 24.3 Å². The fraction of sp³-hybridized carbons (Fsp3) is 0.722. The molecule has 3 aliphatic heterocycles. The number of ketones is 1. The van der Waals surface area contributed by atoms with E-state index in [4.69, 9.17) is 23.7 Å². The number of allylic oxidation sites excluding steroid dienone is 3. The van der Waals surface area contributed by atoms with Gasteiger partial charge in [0.05, 0.1) is 0 Å². The molecule has 0 bridgehead atoms. The molecule has 3 saturated heterocycles. The smallest absolute Gasteiger partial charge is 0.190 e. The van der Waals surface area contributed by atoms with Crippen molar-refractivity contribution in [1.82, 2.24) is 0 Å². The summed E-state index contributed by atoms with van der Waals surface area (Å²) in [6.07, 6.45) is 5.18. The highest BCUT2D eigenvalue weighted by molar-refractivity contribution is 5.94. The molecule has 0 aromatic heterocycles. The monoisotopic (exact) mass is 338 g/mol. The molecule has 0 aromatic carbocycles. The Hall–Kier alpha value is -1.05. The zero-order chi connectivity index (χ0) is 17.5. The maximum atomic E-state index is 12.6. The number of ether oxygens (including phenoxy) is 5. The third kappa shape index (κ3) is 3.48. The van der Waals surface area contributed by atoms with Gasteiger partial charge in [0.2, 0.25) is 0 Å². The van der Waals surface area contributed by atoms with E-state index >= 15 is 0 Å². The van der Waals surface area contributed by atoms with E-state index in [1.165, 1.54) is 6.08 Å². The van der Waals surface area contributed by atoms with Gasteiger partial charge in [0.15, 0.2) is 29.8 Å². The van der Waals surface area contributed by atoms with Gasteiger partial charge >= 0.3 is 0 Å². The molecule has 0 radical (unpaired) electrons. The van der Waals surface area contributed by atoms with Gasteiger partial charge in [-0.05, 0) is 40.2 Å². The largest absolute Gasteiger partial charge is 0.342 e. The summed E-state index contributed by atoms with van der Waals surface area (Å²) in [6, 6.07) is 0. The Morgan fingerprint density at radius 3 is 2.25 bits per heavy atom. The minimum absolute atomic E-state index is 0.168. The number of carbonyl (C=O) groups excluding carboxylic acids is 1. The molecule has 3 rings (SSSR count). The molecule has 3 heterocycles. The lowest BCUT2D eigenvalue weighted by Crippen LogP contribution is -2.57. The van der Waals surface area contributed by atoms with E-state index in [9.17, 15) is 4.79 Å². The van der Waals surface area contributed by atoms with Gasteiger partial charge in [-0.1, -0.05) is 25.2 Å². The summed E-state index contributed by atoms with van der Waals surface area (Å²) >= 11 is 0. The van der Waals surface area contributed by atoms with Crippen molar-refractivity contribution < 1.29 is 28.5 Å². The molecule has 0 aromatic rings. The molecule has 3 fully saturated rings. The SMILES string of the molecule is CC/C=C/C=C/C(=O)C1O[C@@H]2OC(C)(C)O[C@@H]2[C@H]2OC(C)(C)O[C@@H]12. The Labute approximate surface area is 142 Å². The lowest BCUT2D eigenvalue weighted by Gasteiger charge is -2.36. The maximum absolute atomic E-state index is 12.6. The Kier molecular flexibility index (Phi) is 4.70. The van der Waals surface area contributed by atoms with Crippen LogP contribution in [0.1, 0.15) is 41.0 Å². The molecule has 0 N–H and O–H groups in total. The third-order valence-corrected chi connectivity index (χ3v) is 4.18. The van der Waals surface area contributed by atoms with Crippen LogP contribution < -0.4 is 0 Å². The van der Waals surface area contributed by atoms with E-state index in [0.717, 1.165) is 6.42 Å². The first-order valence-corrected chi connectivity index (χ1v) is 8.46. The Bertz CT molecular complexity index is 550. The number of hydrogen-bond donors (Lipinski definition) is 0. The van der Waals surface area contributed by atoms with Gasteiger partial charge in [0.1, 0.15) is 18.3 Å². The minimum Gasteiger partial charge on any atom is -0.342 e. The predicted octanol–water partition coefficient (Wildman–Crippen LogP) is 2.47. The number of rotatable bonds is 4. The van der Waals surface area contributed by atoms with Crippen LogP contribution in [-0.2, 0) is 28.5 Å². The Morgan fingerprint density at radius 1 is 0.917 bits per heavy atom. The lowest BCUT2D eigenvalue weighted by molar-refractivity contribution is -0.229. The molecule has 1 unspecified atom stereocenters. The third-order valence-electron chi connectivity index (χ3n) is 4.18. The van der Waals surface area contributed by atoms with Crippen molar-refractivity contribution in [2.75, 3.05) is 0 Å². The van der Waals surface area contributed by atoms with E-state index in [1.807, 2.05) is 46.8 Å². The first-order chi connectivity index (χ1) is 11.2. The van der Waals surface area contributed by atoms with E-state index < -0.39 is 42.3 Å². The zero-order valence-electron chi connectivity index (χ0n) is 14.9. The van der Waals surface area contributed by atoms with Gasteiger partial charge in [-0.15, -0.1) is 0 Å². The zero-order valence-corrected chi connectivity index (χ0v) is 14.9. The molecule has 24 heavy (non-hydrogen) atoms. The van der Waals surface area contributed by atoms with E-state index in [-0.39, 0.29) is 5.78 Å². The van der Waals surface area contributed by atoms with Gasteiger partial charge in [-0.25, -0.2) is 0 Å². The number of fused-ring (bicyclic) bond motifs is 3. The second kappa shape index (κ2) is 6.35. The van der Waals surface area contributed by atoms with Gasteiger partial charge in [-0.3, -0.25) is 4.79 Å². The highest BCUT2D eigenvalue weighted by Gasteiger charge is 2.61. The standard InChI is InChI=1S/C18H26O6/c1-6-7-8-9-10-11(19)12-13-14(22-17(2,3)21-13)15-16(20-12)24-18(4,5)23-15/h7-10,12-16H,6H2,1-5H3/b8-7+,10-9+/t12?,13-,14-,15+,16+/m0/s1. The highest BCUT2D eigenvalue weighted by atomic mass is 16.9. The van der Waals surface area contributed by atoms with E-state index in [0.29, 0.717) is 0 Å². The van der Waals surface area contributed by atoms with Crippen LogP contribution >= 0.6 is 0 Å². The molecule has 3 aliphatic rings. The molecule has 6 nitrogen and oxygen atoms in total. The Balaban J connectivity index is 1.81. The molecule has 0 amide bonds. The molecule has 6 heteroatoms. The van der Waals surface area contributed by atoms with E-state index in [2.05, 4.69) is 0 Å². The topological polar surface area (TPSA) is 63.2 Å². The molecule has 0 spiro atoms. The lowest BCUT2D eigenvalue weighted by atomic mass is 9.96. The van der Waals surface area contributed by atoms with Crippen LogP contribution in [0.25, 0.3) is 0 Å². The summed E-state index contributed by atoms with van der Waals surface area (Å²) in [5, 5.41) is 0. The second-order valence-corrected chi connectivity index (χ2v) is 7.19. The molecule has 0 aliphatic carbocycles. The highest BCUT2D eigenvalue weighted by Crippen LogP contribution is 2.44. The van der Waals surface area contributed by atoms with Crippen LogP contribution in [0.4, 0.5) is 0 Å². The fourth-order valence-electron chi connectivity index (χ4n) is 3.30. The van der Waals surface area contributed by atoms with Crippen LogP contribution in [0.15, 0.2) is 24.3 Å². The average Bonchev–Trinajstić information content (AvgIpc) is 2.96. The van der Waals surface area contributed by atoms with Crippen molar-refractivity contribution >= 4 is 5.78 Å². The summed E-state index contributed by atoms with van der Waals surface area (Å²) in [4.78, 5) is 12.6. The Morgan fingerprint density at radius 2 is 1.54 bits per heavy atom. The molecule has 5 atom stereocenters. The number of hydrogen-bond acceptors (Lipinski definition) is 6. The quantitative estimate of drug-likeness (QED) is 0.580. The minimum atomic E-state index is -0.798. The fourth-order valence-corrected chi connectivity index (χ4v) is 3.30. The molecule has 134 valence electrons. The van der Waals surface area contributed by atoms with Crippen LogP contribution in [0, 0.1) is 0 Å². The van der Waals surface area contributed by atoms with Crippen LogP contribution in [-0.4, -0.2) is 48.1 Å². The van der Waals surface area contributed by atoms with Gasteiger partial charge in [-0.2, -0.15) is 0 Å². The summed E-state index contributed by atoms with van der Waals surface area (Å²) < 4.78 is 29.5. The summed E-state index contributed by atoms with van der Waals surface area (Å²) in [6.45, 7) is 9.31. The van der Waals surface area contributed by atoms with Crippen LogP contribution in [0.3, 0.4) is 0 Å². The maximum Gasteiger partial charge on any atom is 0.190 e. The van der Waals surface area contributed by atoms with Crippen molar-refractivity contribution in [3.8, 4) is 0 Å². The van der Waals surface area contributed by atoms with Gasteiger partial charge in [0, 0.05) is 0 Å². The van der Waals surface area contributed by atoms with Crippen molar-refractivity contribution in [2.45, 2.75) is 83.3 Å². The van der Waals surface area contributed by atoms with Crippen molar-refractivity contribution in [2.24, 2.45) is 0 Å². The first kappa shape index (κ1) is 17.8. The van der Waals surface area contributed by atoms with Crippen molar-refractivity contribution in [3.63, 3.8) is 0 Å². The van der Waals surface area contributed by atoms with E-state index in [1.54, 1.807) is 6.08 Å².